The van der Waals surface area contributed by atoms with Crippen LogP contribution in [0, 0.1) is 23.1 Å². The molecule has 0 N–H and O–H groups in total. The lowest BCUT2D eigenvalue weighted by Crippen LogP contribution is -2.41. The monoisotopic (exact) mass is 189 g/mol. The standard InChI is InChI=1S/C12H12FN/c1-9-6-7-12(9,8-14)10-2-4-11(13)5-3-10/h2-5,9H,6-7H2,1H3. The van der Waals surface area contributed by atoms with Crippen LogP contribution in [0.3, 0.4) is 0 Å². The summed E-state index contributed by atoms with van der Waals surface area (Å²) in [7, 11) is 0. The minimum Gasteiger partial charge on any atom is -0.207 e. The number of nitriles is 1. The molecule has 0 saturated heterocycles. The van der Waals surface area contributed by atoms with Crippen molar-refractivity contribution in [3.05, 3.63) is 35.6 Å². The molecule has 0 radical (unpaired) electrons. The molecule has 1 nitrogen and oxygen atoms in total. The summed E-state index contributed by atoms with van der Waals surface area (Å²) in [6.45, 7) is 2.08. The normalized spacial score (nSPS) is 30.5. The first kappa shape index (κ1) is 9.21. The minimum atomic E-state index is -0.353. The number of hydrogen-bond acceptors (Lipinski definition) is 1. The number of benzene rings is 1. The Morgan fingerprint density at radius 2 is 2.07 bits per heavy atom. The molecule has 1 aliphatic carbocycles. The Kier molecular flexibility index (Phi) is 2.03. The fourth-order valence-electron chi connectivity index (χ4n) is 2.13. The van der Waals surface area contributed by atoms with Crippen molar-refractivity contribution in [1.29, 1.82) is 5.26 Å². The first-order chi connectivity index (χ1) is 6.69. The highest BCUT2D eigenvalue weighted by Gasteiger charge is 2.45. The van der Waals surface area contributed by atoms with Gasteiger partial charge in [0.05, 0.1) is 11.5 Å². The predicted octanol–water partition coefficient (Wildman–Crippen LogP) is 3.02. The number of hydrogen-bond donors (Lipinski definition) is 0. The van der Waals surface area contributed by atoms with Crippen molar-refractivity contribution in [2.75, 3.05) is 0 Å². The van der Waals surface area contributed by atoms with Crippen LogP contribution in [0.2, 0.25) is 0 Å². The fraction of sp³-hybridized carbons (Fsp3) is 0.417. The molecule has 2 unspecified atom stereocenters. The smallest absolute Gasteiger partial charge is 0.123 e. The Balaban J connectivity index is 2.39. The minimum absolute atomic E-state index is 0.242. The zero-order valence-electron chi connectivity index (χ0n) is 8.13. The Morgan fingerprint density at radius 3 is 2.43 bits per heavy atom. The zero-order chi connectivity index (χ0) is 10.2. The van der Waals surface area contributed by atoms with Crippen LogP contribution in [0.5, 0.6) is 0 Å². The average Bonchev–Trinajstić information content (AvgIpc) is 2.20. The van der Waals surface area contributed by atoms with E-state index < -0.39 is 0 Å². The van der Waals surface area contributed by atoms with Crippen molar-refractivity contribution < 1.29 is 4.39 Å². The molecule has 1 aliphatic rings. The average molecular weight is 189 g/mol. The SMILES string of the molecule is CC1CCC1(C#N)c1ccc(F)cc1. The van der Waals surface area contributed by atoms with Crippen LogP contribution in [0.4, 0.5) is 4.39 Å². The van der Waals surface area contributed by atoms with E-state index >= 15 is 0 Å². The second-order valence-electron chi connectivity index (χ2n) is 4.03. The lowest BCUT2D eigenvalue weighted by Gasteiger charge is -2.42. The largest absolute Gasteiger partial charge is 0.207 e. The van der Waals surface area contributed by atoms with Crippen LogP contribution in [-0.4, -0.2) is 0 Å². The summed E-state index contributed by atoms with van der Waals surface area (Å²) in [6.07, 6.45) is 1.99. The van der Waals surface area contributed by atoms with Crippen molar-refractivity contribution in [3.63, 3.8) is 0 Å². The third-order valence-electron chi connectivity index (χ3n) is 3.37. The van der Waals surface area contributed by atoms with Gasteiger partial charge in [0.25, 0.3) is 0 Å². The van der Waals surface area contributed by atoms with Gasteiger partial charge in [0.1, 0.15) is 5.82 Å². The highest BCUT2D eigenvalue weighted by Crippen LogP contribution is 2.47. The Bertz CT molecular complexity index is 376. The highest BCUT2D eigenvalue weighted by atomic mass is 19.1. The van der Waals surface area contributed by atoms with Crippen LogP contribution in [0.15, 0.2) is 24.3 Å². The molecule has 2 atom stereocenters. The first-order valence-corrected chi connectivity index (χ1v) is 4.86. The quantitative estimate of drug-likeness (QED) is 0.666. The van der Waals surface area contributed by atoms with Crippen molar-refractivity contribution in [2.45, 2.75) is 25.2 Å². The molecule has 1 fully saturated rings. The van der Waals surface area contributed by atoms with Crippen molar-refractivity contribution >= 4 is 0 Å². The summed E-state index contributed by atoms with van der Waals surface area (Å²) in [5.74, 6) is 0.145. The van der Waals surface area contributed by atoms with Gasteiger partial charge in [0.15, 0.2) is 0 Å². The molecule has 2 rings (SSSR count). The molecule has 0 heterocycles. The second kappa shape index (κ2) is 3.09. The summed E-state index contributed by atoms with van der Waals surface area (Å²) < 4.78 is 12.7. The summed E-state index contributed by atoms with van der Waals surface area (Å²) in [5, 5.41) is 9.19. The Labute approximate surface area is 83.2 Å². The van der Waals surface area contributed by atoms with E-state index in [9.17, 15) is 9.65 Å². The zero-order valence-corrected chi connectivity index (χ0v) is 8.13. The number of halogens is 1. The summed E-state index contributed by atoms with van der Waals surface area (Å²) >= 11 is 0. The topological polar surface area (TPSA) is 23.8 Å². The fourth-order valence-corrected chi connectivity index (χ4v) is 2.13. The lowest BCUT2D eigenvalue weighted by molar-refractivity contribution is 0.201. The van der Waals surface area contributed by atoms with E-state index in [2.05, 4.69) is 13.0 Å². The van der Waals surface area contributed by atoms with Gasteiger partial charge in [-0.3, -0.25) is 0 Å². The van der Waals surface area contributed by atoms with Crippen molar-refractivity contribution in [1.82, 2.24) is 0 Å². The number of nitrogens with zero attached hydrogens (tertiary/aromatic N) is 1. The van der Waals surface area contributed by atoms with Gasteiger partial charge in [-0.05, 0) is 36.5 Å². The van der Waals surface area contributed by atoms with E-state index in [4.69, 9.17) is 0 Å². The maximum Gasteiger partial charge on any atom is 0.123 e. The molecule has 0 amide bonds. The Hall–Kier alpha value is -1.36. The third kappa shape index (κ3) is 1.13. The molecule has 72 valence electrons. The van der Waals surface area contributed by atoms with E-state index in [-0.39, 0.29) is 11.2 Å². The van der Waals surface area contributed by atoms with E-state index in [1.165, 1.54) is 12.1 Å². The summed E-state index contributed by atoms with van der Waals surface area (Å²) in [5.41, 5.74) is 0.605. The molecule has 1 aromatic carbocycles. The van der Waals surface area contributed by atoms with Gasteiger partial charge < -0.3 is 0 Å². The van der Waals surface area contributed by atoms with Gasteiger partial charge >= 0.3 is 0 Å². The van der Waals surface area contributed by atoms with E-state index in [1.807, 2.05) is 0 Å². The Morgan fingerprint density at radius 1 is 1.43 bits per heavy atom. The second-order valence-corrected chi connectivity index (χ2v) is 4.03. The van der Waals surface area contributed by atoms with Gasteiger partial charge in [-0.2, -0.15) is 5.26 Å². The number of rotatable bonds is 1. The van der Waals surface area contributed by atoms with Gasteiger partial charge in [0.2, 0.25) is 0 Å². The first-order valence-electron chi connectivity index (χ1n) is 4.86. The highest BCUT2D eigenvalue weighted by molar-refractivity contribution is 5.36. The van der Waals surface area contributed by atoms with Crippen LogP contribution < -0.4 is 0 Å². The molecule has 0 bridgehead atoms. The molecule has 0 spiro atoms. The van der Waals surface area contributed by atoms with Gasteiger partial charge in [-0.25, -0.2) is 4.39 Å². The van der Waals surface area contributed by atoms with E-state index in [1.54, 1.807) is 12.1 Å². The predicted molar refractivity (Wildman–Crippen MR) is 52.1 cm³/mol. The van der Waals surface area contributed by atoms with E-state index in [0.717, 1.165) is 18.4 Å². The van der Waals surface area contributed by atoms with Crippen LogP contribution in [0.1, 0.15) is 25.3 Å². The van der Waals surface area contributed by atoms with Gasteiger partial charge in [-0.1, -0.05) is 19.1 Å². The molecule has 14 heavy (non-hydrogen) atoms. The van der Waals surface area contributed by atoms with Crippen molar-refractivity contribution in [2.24, 2.45) is 5.92 Å². The van der Waals surface area contributed by atoms with Crippen molar-refractivity contribution in [3.8, 4) is 6.07 Å². The van der Waals surface area contributed by atoms with E-state index in [0.29, 0.717) is 5.92 Å². The lowest BCUT2D eigenvalue weighted by atomic mass is 9.58. The van der Waals surface area contributed by atoms with Crippen LogP contribution >= 0.6 is 0 Å². The molecule has 1 saturated carbocycles. The molecular formula is C12H12FN. The summed E-state index contributed by atoms with van der Waals surface area (Å²) in [4.78, 5) is 0. The maximum absolute atomic E-state index is 12.7. The summed E-state index contributed by atoms with van der Waals surface area (Å²) in [6, 6.07) is 8.70. The molecule has 0 aromatic heterocycles. The van der Waals surface area contributed by atoms with Crippen LogP contribution in [-0.2, 0) is 5.41 Å². The molecular weight excluding hydrogens is 177 g/mol. The van der Waals surface area contributed by atoms with Crippen LogP contribution in [0.25, 0.3) is 0 Å². The third-order valence-corrected chi connectivity index (χ3v) is 3.37. The molecule has 2 heteroatoms. The van der Waals surface area contributed by atoms with Gasteiger partial charge in [0, 0.05) is 0 Å². The molecule has 0 aliphatic heterocycles. The molecule has 1 aromatic rings. The van der Waals surface area contributed by atoms with Gasteiger partial charge in [-0.15, -0.1) is 0 Å². The maximum atomic E-state index is 12.7.